The molecule has 5 N–H and O–H groups in total. The molecule has 1 amide bonds. The lowest BCUT2D eigenvalue weighted by molar-refractivity contribution is -0.137. The number of nitrogens with two attached hydrogens (primary N) is 1. The quantitative estimate of drug-likeness (QED) is 0.319. The highest BCUT2D eigenvalue weighted by atomic mass is 19.4. The molecule has 4 heterocycles. The molecule has 1 aliphatic carbocycles. The molecule has 38 heavy (non-hydrogen) atoms. The molecule has 1 aromatic carbocycles. The minimum Gasteiger partial charge on any atom is -0.383 e. The fourth-order valence-electron chi connectivity index (χ4n) is 5.38. The number of pyridine rings is 1. The molecule has 3 atom stereocenters. The highest BCUT2D eigenvalue weighted by Crippen LogP contribution is 2.39. The van der Waals surface area contributed by atoms with Gasteiger partial charge in [-0.3, -0.25) is 15.6 Å². The number of carbonyl (C=O) groups is 1. The molecule has 0 spiro atoms. The summed E-state index contributed by atoms with van der Waals surface area (Å²) in [5.74, 6) is -0.114. The molecule has 2 aliphatic rings. The van der Waals surface area contributed by atoms with Crippen LogP contribution in [-0.2, 0) is 6.18 Å². The van der Waals surface area contributed by atoms with Gasteiger partial charge in [-0.05, 0) is 43.5 Å². The molecule has 196 valence electrons. The zero-order chi connectivity index (χ0) is 26.4. The summed E-state index contributed by atoms with van der Waals surface area (Å²) < 4.78 is 40.9. The van der Waals surface area contributed by atoms with Crippen LogP contribution < -0.4 is 21.9 Å². The average Bonchev–Trinajstić information content (AvgIpc) is 3.54. The van der Waals surface area contributed by atoms with Crippen LogP contribution in [0.1, 0.15) is 41.2 Å². The van der Waals surface area contributed by atoms with Crippen molar-refractivity contribution in [3.05, 3.63) is 60.0 Å². The van der Waals surface area contributed by atoms with Crippen LogP contribution in [0.15, 0.2) is 48.9 Å². The van der Waals surface area contributed by atoms with E-state index in [0.29, 0.717) is 40.1 Å². The third-order valence-electron chi connectivity index (χ3n) is 7.23. The number of anilines is 2. The predicted octanol–water partition coefficient (Wildman–Crippen LogP) is 3.56. The van der Waals surface area contributed by atoms with Gasteiger partial charge in [-0.15, -0.1) is 0 Å². The lowest BCUT2D eigenvalue weighted by atomic mass is 9.82. The van der Waals surface area contributed by atoms with Crippen LogP contribution in [0.4, 0.5) is 24.8 Å². The number of nitrogens with zero attached hydrogens (tertiary/aromatic N) is 5. The van der Waals surface area contributed by atoms with Gasteiger partial charge in [0.1, 0.15) is 23.7 Å². The lowest BCUT2D eigenvalue weighted by Crippen LogP contribution is -2.38. The Bertz CT molecular complexity index is 1500. The summed E-state index contributed by atoms with van der Waals surface area (Å²) in [6, 6.07) is 8.71. The van der Waals surface area contributed by atoms with Gasteiger partial charge < -0.3 is 11.1 Å². The Balaban J connectivity index is 1.30. The van der Waals surface area contributed by atoms with Gasteiger partial charge in [0, 0.05) is 35.8 Å². The van der Waals surface area contributed by atoms with E-state index in [-0.39, 0.29) is 17.4 Å². The third kappa shape index (κ3) is 4.33. The zero-order valence-electron chi connectivity index (χ0n) is 20.0. The number of rotatable bonds is 4. The molecule has 2 unspecified atom stereocenters. The van der Waals surface area contributed by atoms with E-state index in [2.05, 4.69) is 31.1 Å². The number of aromatic nitrogens is 5. The van der Waals surface area contributed by atoms with Crippen LogP contribution >= 0.6 is 0 Å². The molecule has 2 fully saturated rings. The number of alkyl halides is 3. The standard InChI is InChI=1S/C25H24F3N9O/c26-25(27,28)15-8-9-30-19(10-15)34-24(38)14-6-4-13(5-7-14)21-20-22(29)31-12-32-23(20)37(36-21)18-3-1-2-17-16(18)11-33-35-17/h4-10,12,16-18,33,35H,1-3,11H2,(H2,29,31,32)(H,30,34,38)/t16?,17?,18-/m1/s1. The Morgan fingerprint density at radius 1 is 1.11 bits per heavy atom. The van der Waals surface area contributed by atoms with Gasteiger partial charge in [-0.1, -0.05) is 12.1 Å². The summed E-state index contributed by atoms with van der Waals surface area (Å²) in [4.78, 5) is 25.2. The fourth-order valence-corrected chi connectivity index (χ4v) is 5.38. The van der Waals surface area contributed by atoms with E-state index in [1.807, 2.05) is 4.68 Å². The molecule has 13 heteroatoms. The largest absolute Gasteiger partial charge is 0.416 e. The second-order valence-electron chi connectivity index (χ2n) is 9.50. The number of hydrogen-bond donors (Lipinski definition) is 4. The van der Waals surface area contributed by atoms with Gasteiger partial charge in [-0.25, -0.2) is 19.6 Å². The van der Waals surface area contributed by atoms with Crippen LogP contribution in [-0.4, -0.2) is 43.2 Å². The summed E-state index contributed by atoms with van der Waals surface area (Å²) in [6.45, 7) is 0.830. The molecule has 3 aromatic heterocycles. The van der Waals surface area contributed by atoms with E-state index in [4.69, 9.17) is 10.8 Å². The molecular formula is C25H24F3N9O. The Labute approximate surface area is 214 Å². The monoisotopic (exact) mass is 523 g/mol. The summed E-state index contributed by atoms with van der Waals surface area (Å²) in [5.41, 5.74) is 14.2. The first-order valence-electron chi connectivity index (χ1n) is 12.2. The van der Waals surface area contributed by atoms with Gasteiger partial charge in [0.15, 0.2) is 5.65 Å². The van der Waals surface area contributed by atoms with Crippen molar-refractivity contribution in [2.24, 2.45) is 5.92 Å². The van der Waals surface area contributed by atoms with E-state index in [1.165, 1.54) is 6.33 Å². The highest BCUT2D eigenvalue weighted by Gasteiger charge is 2.39. The Kier molecular flexibility index (Phi) is 5.95. The first-order chi connectivity index (χ1) is 18.3. The van der Waals surface area contributed by atoms with Crippen molar-refractivity contribution in [3.8, 4) is 11.3 Å². The topological polar surface area (TPSA) is 136 Å². The molecule has 4 aromatic rings. The number of fused-ring (bicyclic) bond motifs is 2. The first kappa shape index (κ1) is 24.2. The molecule has 1 aliphatic heterocycles. The predicted molar refractivity (Wildman–Crippen MR) is 134 cm³/mol. The number of nitrogens with one attached hydrogen (secondary N) is 3. The van der Waals surface area contributed by atoms with Gasteiger partial charge in [-0.2, -0.15) is 18.3 Å². The molecule has 10 nitrogen and oxygen atoms in total. The minimum absolute atomic E-state index is 0.131. The third-order valence-corrected chi connectivity index (χ3v) is 7.23. The van der Waals surface area contributed by atoms with Gasteiger partial charge in [0.25, 0.3) is 5.91 Å². The van der Waals surface area contributed by atoms with E-state index in [9.17, 15) is 18.0 Å². The smallest absolute Gasteiger partial charge is 0.383 e. The van der Waals surface area contributed by atoms with Crippen molar-refractivity contribution in [1.82, 2.24) is 35.6 Å². The number of nitrogen functional groups attached to an aromatic ring is 1. The minimum atomic E-state index is -4.54. The summed E-state index contributed by atoms with van der Waals surface area (Å²) in [7, 11) is 0. The fraction of sp³-hybridized carbons (Fsp3) is 0.320. The number of benzene rings is 1. The number of carbonyl (C=O) groups excluding carboxylic acids is 1. The van der Waals surface area contributed by atoms with Gasteiger partial charge >= 0.3 is 6.18 Å². The van der Waals surface area contributed by atoms with Crippen molar-refractivity contribution in [2.45, 2.75) is 37.5 Å². The van der Waals surface area contributed by atoms with Crippen LogP contribution in [0, 0.1) is 5.92 Å². The van der Waals surface area contributed by atoms with E-state index in [1.54, 1.807) is 24.3 Å². The molecular weight excluding hydrogens is 499 g/mol. The molecule has 1 saturated carbocycles. The van der Waals surface area contributed by atoms with Gasteiger partial charge in [0.2, 0.25) is 0 Å². The molecule has 6 rings (SSSR count). The number of hydrogen-bond acceptors (Lipinski definition) is 8. The normalized spacial score (nSPS) is 21.4. The maximum atomic E-state index is 13.0. The van der Waals surface area contributed by atoms with Crippen molar-refractivity contribution >= 4 is 28.6 Å². The zero-order valence-corrected chi connectivity index (χ0v) is 20.0. The summed E-state index contributed by atoms with van der Waals surface area (Å²) in [6.07, 6.45) is 1.01. The van der Waals surface area contributed by atoms with Crippen molar-refractivity contribution in [2.75, 3.05) is 17.6 Å². The van der Waals surface area contributed by atoms with E-state index >= 15 is 0 Å². The van der Waals surface area contributed by atoms with Gasteiger partial charge in [0.05, 0.1) is 17.0 Å². The Morgan fingerprint density at radius 3 is 2.71 bits per heavy atom. The maximum absolute atomic E-state index is 13.0. The summed E-state index contributed by atoms with van der Waals surface area (Å²) in [5, 5.41) is 7.99. The number of amides is 1. The van der Waals surface area contributed by atoms with E-state index in [0.717, 1.165) is 44.1 Å². The molecule has 0 bridgehead atoms. The first-order valence-corrected chi connectivity index (χ1v) is 12.2. The Morgan fingerprint density at radius 2 is 1.92 bits per heavy atom. The second kappa shape index (κ2) is 9.33. The molecule has 0 radical (unpaired) electrons. The summed E-state index contributed by atoms with van der Waals surface area (Å²) >= 11 is 0. The van der Waals surface area contributed by atoms with Crippen molar-refractivity contribution < 1.29 is 18.0 Å². The van der Waals surface area contributed by atoms with Crippen LogP contribution in [0.5, 0.6) is 0 Å². The van der Waals surface area contributed by atoms with Crippen LogP contribution in [0.25, 0.3) is 22.3 Å². The average molecular weight is 524 g/mol. The SMILES string of the molecule is Nc1ncnc2c1c(-c1ccc(C(=O)Nc3cc(C(F)(F)F)ccn3)cc1)nn2[C@@H]1CCCC2NNCC21. The lowest BCUT2D eigenvalue weighted by Gasteiger charge is -2.32. The highest BCUT2D eigenvalue weighted by molar-refractivity contribution is 6.04. The Hall–Kier alpha value is -4.10. The molecule has 1 saturated heterocycles. The van der Waals surface area contributed by atoms with Crippen LogP contribution in [0.3, 0.4) is 0 Å². The maximum Gasteiger partial charge on any atom is 0.416 e. The van der Waals surface area contributed by atoms with Crippen molar-refractivity contribution in [1.29, 1.82) is 0 Å². The number of halogens is 3. The van der Waals surface area contributed by atoms with Crippen LogP contribution in [0.2, 0.25) is 0 Å². The van der Waals surface area contributed by atoms with E-state index < -0.39 is 17.6 Å². The second-order valence-corrected chi connectivity index (χ2v) is 9.50. The van der Waals surface area contributed by atoms with Crippen molar-refractivity contribution in [3.63, 3.8) is 0 Å². The number of hydrazine groups is 1.